The Morgan fingerprint density at radius 3 is 2.62 bits per heavy atom. The van der Waals surface area contributed by atoms with Crippen molar-refractivity contribution >= 4 is 0 Å². The number of hydrogen-bond donors (Lipinski definition) is 0. The van der Waals surface area contributed by atoms with Crippen molar-refractivity contribution in [2.45, 2.75) is 13.3 Å². The molecular formula is C14H23NO. The van der Waals surface area contributed by atoms with Crippen LogP contribution in [0.1, 0.15) is 13.3 Å². The van der Waals surface area contributed by atoms with Gasteiger partial charge >= 0.3 is 0 Å². The second-order valence-electron chi connectivity index (χ2n) is 4.25. The van der Waals surface area contributed by atoms with Gasteiger partial charge in [0.25, 0.3) is 0 Å². The molecule has 0 aromatic heterocycles. The van der Waals surface area contributed by atoms with E-state index in [-0.39, 0.29) is 0 Å². The molecule has 16 heavy (non-hydrogen) atoms. The van der Waals surface area contributed by atoms with Gasteiger partial charge in [0.1, 0.15) is 0 Å². The third kappa shape index (κ3) is 4.33. The van der Waals surface area contributed by atoms with Crippen molar-refractivity contribution in [2.75, 3.05) is 32.8 Å². The van der Waals surface area contributed by atoms with E-state index in [4.69, 9.17) is 4.74 Å². The lowest BCUT2D eigenvalue weighted by atomic mass is 9.97. The van der Waals surface area contributed by atoms with Crippen molar-refractivity contribution in [3.8, 4) is 0 Å². The average molecular weight is 221 g/mol. The Kier molecular flexibility index (Phi) is 6.12. The van der Waals surface area contributed by atoms with Crippen LogP contribution in [0.25, 0.3) is 0 Å². The summed E-state index contributed by atoms with van der Waals surface area (Å²) >= 11 is 0. The summed E-state index contributed by atoms with van der Waals surface area (Å²) in [5.41, 5.74) is 1.28. The predicted molar refractivity (Wildman–Crippen MR) is 69.5 cm³/mol. The van der Waals surface area contributed by atoms with Crippen LogP contribution in [-0.2, 0) is 4.74 Å². The fourth-order valence-corrected chi connectivity index (χ4v) is 1.94. The normalized spacial score (nSPS) is 20.4. The number of morpholine rings is 1. The van der Waals surface area contributed by atoms with Gasteiger partial charge < -0.3 is 4.74 Å². The molecule has 0 amide bonds. The van der Waals surface area contributed by atoms with Gasteiger partial charge in [-0.3, -0.25) is 4.90 Å². The minimum atomic E-state index is 0.554. The Hall–Kier alpha value is -0.860. The van der Waals surface area contributed by atoms with Crippen molar-refractivity contribution in [3.05, 3.63) is 37.0 Å². The van der Waals surface area contributed by atoms with Crippen LogP contribution in [0, 0.1) is 5.92 Å². The van der Waals surface area contributed by atoms with Gasteiger partial charge in [-0.15, -0.1) is 0 Å². The fraction of sp³-hybridized carbons (Fsp3) is 0.571. The van der Waals surface area contributed by atoms with Crippen LogP contribution in [0.2, 0.25) is 0 Å². The first kappa shape index (κ1) is 13.2. The summed E-state index contributed by atoms with van der Waals surface area (Å²) in [7, 11) is 0. The molecule has 1 saturated heterocycles. The monoisotopic (exact) mass is 221 g/mol. The number of hydrogen-bond acceptors (Lipinski definition) is 2. The molecule has 0 N–H and O–H groups in total. The minimum Gasteiger partial charge on any atom is -0.379 e. The summed E-state index contributed by atoms with van der Waals surface area (Å²) in [6.45, 7) is 14.9. The third-order valence-electron chi connectivity index (χ3n) is 3.10. The quantitative estimate of drug-likeness (QED) is 0.639. The number of nitrogens with zero attached hydrogens (tertiary/aromatic N) is 1. The van der Waals surface area contributed by atoms with Crippen LogP contribution < -0.4 is 0 Å². The van der Waals surface area contributed by atoms with Crippen LogP contribution in [0.15, 0.2) is 37.0 Å². The van der Waals surface area contributed by atoms with E-state index in [1.807, 2.05) is 12.2 Å². The standard InChI is InChI=1S/C14H23NO/c1-4-6-14(5-2)13(3)7-8-15-9-11-16-12-10-15/h4-6,13H,1-2,7-12H2,3H3/b14-6+. The molecule has 0 aromatic rings. The fourth-order valence-electron chi connectivity index (χ4n) is 1.94. The van der Waals surface area contributed by atoms with E-state index >= 15 is 0 Å². The van der Waals surface area contributed by atoms with Crippen LogP contribution in [0.3, 0.4) is 0 Å². The molecule has 0 bridgehead atoms. The highest BCUT2D eigenvalue weighted by molar-refractivity contribution is 5.23. The molecule has 1 heterocycles. The van der Waals surface area contributed by atoms with E-state index in [1.165, 1.54) is 12.0 Å². The molecule has 1 fully saturated rings. The summed E-state index contributed by atoms with van der Waals surface area (Å²) in [6, 6.07) is 0. The summed E-state index contributed by atoms with van der Waals surface area (Å²) in [4.78, 5) is 2.47. The van der Waals surface area contributed by atoms with E-state index in [1.54, 1.807) is 0 Å². The van der Waals surface area contributed by atoms with E-state index in [0.717, 1.165) is 32.8 Å². The lowest BCUT2D eigenvalue weighted by molar-refractivity contribution is 0.0363. The molecular weight excluding hydrogens is 198 g/mol. The molecule has 1 aliphatic rings. The maximum Gasteiger partial charge on any atom is 0.0594 e. The molecule has 0 aliphatic carbocycles. The van der Waals surface area contributed by atoms with Crippen LogP contribution >= 0.6 is 0 Å². The number of rotatable bonds is 6. The Morgan fingerprint density at radius 2 is 2.06 bits per heavy atom. The molecule has 1 atom stereocenters. The van der Waals surface area contributed by atoms with Gasteiger partial charge in [0.2, 0.25) is 0 Å². The molecule has 90 valence electrons. The predicted octanol–water partition coefficient (Wildman–Crippen LogP) is 2.64. The maximum atomic E-state index is 5.33. The maximum absolute atomic E-state index is 5.33. The second kappa shape index (κ2) is 7.42. The zero-order valence-electron chi connectivity index (χ0n) is 10.3. The molecule has 1 aliphatic heterocycles. The van der Waals surface area contributed by atoms with Gasteiger partial charge in [0.05, 0.1) is 13.2 Å². The van der Waals surface area contributed by atoms with Crippen molar-refractivity contribution in [3.63, 3.8) is 0 Å². The van der Waals surface area contributed by atoms with Gasteiger partial charge in [-0.1, -0.05) is 38.3 Å². The lowest BCUT2D eigenvalue weighted by Gasteiger charge is -2.27. The molecule has 0 aromatic carbocycles. The smallest absolute Gasteiger partial charge is 0.0594 e. The Balaban J connectivity index is 2.32. The first-order valence-electron chi connectivity index (χ1n) is 6.03. The van der Waals surface area contributed by atoms with Crippen LogP contribution in [0.4, 0.5) is 0 Å². The Bertz CT molecular complexity index is 251. The SMILES string of the molecule is C=C/C=C(\C=C)C(C)CCN1CCOCC1. The number of ether oxygens (including phenoxy) is 1. The molecule has 1 unspecified atom stereocenters. The van der Waals surface area contributed by atoms with Gasteiger partial charge in [-0.25, -0.2) is 0 Å². The zero-order chi connectivity index (χ0) is 11.8. The first-order chi connectivity index (χ1) is 7.77. The highest BCUT2D eigenvalue weighted by Gasteiger charge is 2.12. The topological polar surface area (TPSA) is 12.5 Å². The number of allylic oxidation sites excluding steroid dienone is 4. The molecule has 2 nitrogen and oxygen atoms in total. The molecule has 1 rings (SSSR count). The highest BCUT2D eigenvalue weighted by Crippen LogP contribution is 2.16. The Labute approximate surface area is 99.3 Å². The first-order valence-corrected chi connectivity index (χ1v) is 6.03. The summed E-state index contributed by atoms with van der Waals surface area (Å²) < 4.78 is 5.33. The van der Waals surface area contributed by atoms with E-state index in [0.29, 0.717) is 5.92 Å². The van der Waals surface area contributed by atoms with Crippen LogP contribution in [0.5, 0.6) is 0 Å². The van der Waals surface area contributed by atoms with Gasteiger partial charge in [-0.05, 0) is 24.5 Å². The molecule has 0 spiro atoms. The van der Waals surface area contributed by atoms with Gasteiger partial charge in [0.15, 0.2) is 0 Å². The highest BCUT2D eigenvalue weighted by atomic mass is 16.5. The van der Waals surface area contributed by atoms with Crippen molar-refractivity contribution in [2.24, 2.45) is 5.92 Å². The molecule has 0 saturated carbocycles. The average Bonchev–Trinajstić information content (AvgIpc) is 2.34. The van der Waals surface area contributed by atoms with Crippen molar-refractivity contribution < 1.29 is 4.74 Å². The molecule has 2 heteroatoms. The largest absolute Gasteiger partial charge is 0.379 e. The van der Waals surface area contributed by atoms with Crippen molar-refractivity contribution in [1.29, 1.82) is 0 Å². The molecule has 0 radical (unpaired) electrons. The van der Waals surface area contributed by atoms with E-state index < -0.39 is 0 Å². The summed E-state index contributed by atoms with van der Waals surface area (Å²) in [5.74, 6) is 0.554. The van der Waals surface area contributed by atoms with E-state index in [9.17, 15) is 0 Å². The zero-order valence-corrected chi connectivity index (χ0v) is 10.3. The lowest BCUT2D eigenvalue weighted by Crippen LogP contribution is -2.37. The van der Waals surface area contributed by atoms with Gasteiger partial charge in [-0.2, -0.15) is 0 Å². The van der Waals surface area contributed by atoms with E-state index in [2.05, 4.69) is 31.1 Å². The third-order valence-corrected chi connectivity index (χ3v) is 3.10. The second-order valence-corrected chi connectivity index (χ2v) is 4.25. The Morgan fingerprint density at radius 1 is 1.38 bits per heavy atom. The van der Waals surface area contributed by atoms with Crippen molar-refractivity contribution in [1.82, 2.24) is 4.90 Å². The van der Waals surface area contributed by atoms with Crippen LogP contribution in [-0.4, -0.2) is 37.7 Å². The minimum absolute atomic E-state index is 0.554. The van der Waals surface area contributed by atoms with Gasteiger partial charge in [0, 0.05) is 13.1 Å². The summed E-state index contributed by atoms with van der Waals surface area (Å²) in [6.07, 6.45) is 7.00. The summed E-state index contributed by atoms with van der Waals surface area (Å²) in [5, 5.41) is 0.